The van der Waals surface area contributed by atoms with E-state index in [9.17, 15) is 14.7 Å². The molecule has 1 aromatic rings. The van der Waals surface area contributed by atoms with Crippen LogP contribution in [0.3, 0.4) is 0 Å². The van der Waals surface area contributed by atoms with Crippen LogP contribution in [0.1, 0.15) is 47.2 Å². The van der Waals surface area contributed by atoms with Crippen LogP contribution in [0.4, 0.5) is 0 Å². The van der Waals surface area contributed by atoms with Gasteiger partial charge in [-0.2, -0.15) is 0 Å². The molecule has 1 aliphatic rings. The smallest absolute Gasteiger partial charge is 0.374 e. The monoisotopic (exact) mass is 268 g/mol. The van der Waals surface area contributed by atoms with E-state index in [0.717, 1.165) is 6.07 Å². The van der Waals surface area contributed by atoms with Crippen molar-refractivity contribution in [2.24, 2.45) is 0 Å². The molecule has 0 aromatic carbocycles. The second-order valence-corrected chi connectivity index (χ2v) is 5.02. The maximum atomic E-state index is 12.1. The summed E-state index contributed by atoms with van der Waals surface area (Å²) in [6.07, 6.45) is 1.82. The molecule has 0 aliphatic carbocycles. The lowest BCUT2D eigenvalue weighted by molar-refractivity contribution is 0.0436. The average Bonchev–Trinajstić information content (AvgIpc) is 2.75. The van der Waals surface area contributed by atoms with Crippen molar-refractivity contribution >= 4 is 11.9 Å². The largest absolute Gasteiger partial charge is 0.475 e. The van der Waals surface area contributed by atoms with Gasteiger partial charge in [0.25, 0.3) is 5.91 Å². The fraction of sp³-hybridized carbons (Fsp3) is 0.583. The molecule has 1 fully saturated rings. The van der Waals surface area contributed by atoms with Crippen LogP contribution >= 0.6 is 0 Å². The third kappa shape index (κ3) is 3.11. The third-order valence-electron chi connectivity index (χ3n) is 3.29. The average molecular weight is 268 g/mol. The molecule has 2 rings (SSSR count). The second kappa shape index (κ2) is 5.00. The van der Waals surface area contributed by atoms with Gasteiger partial charge in [0.1, 0.15) is 0 Å². The number of likely N-dealkylation sites (tertiary alicyclic amines) is 1. The molecule has 19 heavy (non-hydrogen) atoms. The molecule has 1 atom stereocenters. The minimum atomic E-state index is -1.26. The van der Waals surface area contributed by atoms with E-state index in [-0.39, 0.29) is 17.4 Å². The van der Waals surface area contributed by atoms with E-state index in [1.165, 1.54) is 0 Å². The van der Waals surface area contributed by atoms with Crippen molar-refractivity contribution in [3.8, 4) is 0 Å². The van der Waals surface area contributed by atoms with Crippen LogP contribution in [0, 0.1) is 0 Å². The summed E-state index contributed by atoms with van der Waals surface area (Å²) in [5.74, 6) is -1.98. The number of carbonyl (C=O) groups is 2. The second-order valence-electron chi connectivity index (χ2n) is 5.02. The van der Waals surface area contributed by atoms with E-state index in [2.05, 4.69) is 9.68 Å². The van der Waals surface area contributed by atoms with Crippen molar-refractivity contribution in [1.82, 2.24) is 10.1 Å². The number of aromatic carboxylic acids is 1. The quantitative estimate of drug-likeness (QED) is 0.820. The van der Waals surface area contributed by atoms with Crippen LogP contribution in [0.25, 0.3) is 0 Å². The molecule has 0 bridgehead atoms. The van der Waals surface area contributed by atoms with Gasteiger partial charge in [-0.25, -0.2) is 4.79 Å². The van der Waals surface area contributed by atoms with E-state index in [1.54, 1.807) is 11.8 Å². The van der Waals surface area contributed by atoms with Gasteiger partial charge in [0.2, 0.25) is 5.76 Å². The summed E-state index contributed by atoms with van der Waals surface area (Å²) in [4.78, 5) is 24.4. The van der Waals surface area contributed by atoms with E-state index < -0.39 is 11.6 Å². The Kier molecular flexibility index (Phi) is 3.57. The summed E-state index contributed by atoms with van der Waals surface area (Å²) in [5.41, 5.74) is -0.774. The van der Waals surface area contributed by atoms with Crippen LogP contribution in [0.2, 0.25) is 0 Å². The molecule has 0 spiro atoms. The summed E-state index contributed by atoms with van der Waals surface area (Å²) < 4.78 is 4.56. The number of carboxylic acid groups (broad SMARTS) is 1. The van der Waals surface area contributed by atoms with Gasteiger partial charge in [0.15, 0.2) is 5.69 Å². The van der Waals surface area contributed by atoms with E-state index >= 15 is 0 Å². The van der Waals surface area contributed by atoms with Gasteiger partial charge in [-0.3, -0.25) is 4.79 Å². The first kappa shape index (κ1) is 13.5. The lowest BCUT2D eigenvalue weighted by atomic mass is 9.98. The fourth-order valence-corrected chi connectivity index (χ4v) is 2.11. The Bertz CT molecular complexity index is 494. The van der Waals surface area contributed by atoms with Crippen LogP contribution in [0.15, 0.2) is 10.6 Å². The summed E-state index contributed by atoms with van der Waals surface area (Å²) >= 11 is 0. The van der Waals surface area contributed by atoms with Crippen molar-refractivity contribution in [1.29, 1.82) is 0 Å². The summed E-state index contributed by atoms with van der Waals surface area (Å²) in [5, 5.41) is 22.1. The van der Waals surface area contributed by atoms with Crippen molar-refractivity contribution in [2.45, 2.75) is 31.8 Å². The molecule has 1 amide bonds. The topological polar surface area (TPSA) is 104 Å². The van der Waals surface area contributed by atoms with Gasteiger partial charge >= 0.3 is 5.97 Å². The first-order chi connectivity index (χ1) is 8.89. The molecule has 0 radical (unpaired) electrons. The zero-order valence-electron chi connectivity index (χ0n) is 10.6. The molecule has 1 aliphatic heterocycles. The highest BCUT2D eigenvalue weighted by Crippen LogP contribution is 2.22. The first-order valence-corrected chi connectivity index (χ1v) is 6.11. The van der Waals surface area contributed by atoms with Gasteiger partial charge in [0.05, 0.1) is 5.60 Å². The maximum Gasteiger partial charge on any atom is 0.374 e. The molecular weight excluding hydrogens is 252 g/mol. The minimum absolute atomic E-state index is 0.0149. The number of carbonyl (C=O) groups excluding carboxylic acids is 1. The molecule has 0 saturated carbocycles. The Labute approximate surface area is 109 Å². The summed E-state index contributed by atoms with van der Waals surface area (Å²) in [6.45, 7) is 2.69. The summed E-state index contributed by atoms with van der Waals surface area (Å²) in [6, 6.07) is 1.12. The Morgan fingerprint density at radius 3 is 2.79 bits per heavy atom. The predicted octanol–water partition coefficient (Wildman–Crippen LogP) is 0.750. The molecular formula is C12H16N2O5. The normalized spacial score (nSPS) is 24.0. The van der Waals surface area contributed by atoms with Gasteiger partial charge in [-0.05, 0) is 26.2 Å². The highest BCUT2D eigenvalue weighted by Gasteiger charge is 2.29. The zero-order valence-corrected chi connectivity index (χ0v) is 10.6. The molecule has 1 saturated heterocycles. The molecule has 7 heteroatoms. The van der Waals surface area contributed by atoms with Crippen LogP contribution < -0.4 is 0 Å². The third-order valence-corrected chi connectivity index (χ3v) is 3.29. The zero-order chi connectivity index (χ0) is 14.0. The number of nitrogens with zero attached hydrogens (tertiary/aromatic N) is 2. The number of aliphatic hydroxyl groups is 1. The first-order valence-electron chi connectivity index (χ1n) is 6.11. The molecule has 1 unspecified atom stereocenters. The molecule has 2 N–H and O–H groups in total. The standard InChI is InChI=1S/C12H16N2O5/c1-12(18)3-2-5-14(6-4-12)10(15)8-7-9(11(16)17)19-13-8/h7,18H,2-6H2,1H3,(H,16,17). The van der Waals surface area contributed by atoms with Crippen LogP contribution in [0.5, 0.6) is 0 Å². The van der Waals surface area contributed by atoms with Gasteiger partial charge in [0, 0.05) is 19.2 Å². The van der Waals surface area contributed by atoms with Crippen molar-refractivity contribution in [3.05, 3.63) is 17.5 Å². The Hall–Kier alpha value is -1.89. The molecule has 2 heterocycles. The van der Waals surface area contributed by atoms with Gasteiger partial charge in [-0.15, -0.1) is 0 Å². The highest BCUT2D eigenvalue weighted by atomic mass is 16.5. The number of hydrogen-bond donors (Lipinski definition) is 2. The van der Waals surface area contributed by atoms with Crippen LogP contribution in [-0.2, 0) is 0 Å². The van der Waals surface area contributed by atoms with Gasteiger partial charge in [-0.1, -0.05) is 5.16 Å². The molecule has 104 valence electrons. The SMILES string of the molecule is CC1(O)CCCN(C(=O)c2cc(C(=O)O)on2)CC1. The number of carboxylic acids is 1. The van der Waals surface area contributed by atoms with E-state index in [1.807, 2.05) is 0 Å². The Morgan fingerprint density at radius 2 is 2.16 bits per heavy atom. The predicted molar refractivity (Wildman–Crippen MR) is 63.8 cm³/mol. The lowest BCUT2D eigenvalue weighted by Gasteiger charge is -2.21. The van der Waals surface area contributed by atoms with Crippen molar-refractivity contribution < 1.29 is 24.3 Å². The minimum Gasteiger partial charge on any atom is -0.475 e. The Balaban J connectivity index is 2.08. The molecule has 1 aromatic heterocycles. The van der Waals surface area contributed by atoms with E-state index in [4.69, 9.17) is 5.11 Å². The Morgan fingerprint density at radius 1 is 1.42 bits per heavy atom. The highest BCUT2D eigenvalue weighted by molar-refractivity contribution is 5.94. The van der Waals surface area contributed by atoms with Crippen molar-refractivity contribution in [2.75, 3.05) is 13.1 Å². The number of aromatic nitrogens is 1. The van der Waals surface area contributed by atoms with E-state index in [0.29, 0.717) is 32.4 Å². The summed E-state index contributed by atoms with van der Waals surface area (Å²) in [7, 11) is 0. The number of rotatable bonds is 2. The molecule has 7 nitrogen and oxygen atoms in total. The number of hydrogen-bond acceptors (Lipinski definition) is 5. The fourth-order valence-electron chi connectivity index (χ4n) is 2.11. The number of amides is 1. The maximum absolute atomic E-state index is 12.1. The van der Waals surface area contributed by atoms with Gasteiger partial charge < -0.3 is 19.6 Å². The lowest BCUT2D eigenvalue weighted by Crippen LogP contribution is -2.33. The van der Waals surface area contributed by atoms with Crippen molar-refractivity contribution in [3.63, 3.8) is 0 Å². The van der Waals surface area contributed by atoms with Crippen LogP contribution in [-0.4, -0.2) is 50.8 Å².